The lowest BCUT2D eigenvalue weighted by molar-refractivity contribution is -0.115. The minimum atomic E-state index is -0.0599. The molecule has 0 saturated heterocycles. The van der Waals surface area contributed by atoms with E-state index in [-0.39, 0.29) is 5.91 Å². The highest BCUT2D eigenvalue weighted by atomic mass is 16.5. The molecule has 0 spiro atoms. The van der Waals surface area contributed by atoms with E-state index < -0.39 is 0 Å². The molecule has 1 heterocycles. The molecule has 1 fully saturated rings. The average Bonchev–Trinajstić information content (AvgIpc) is 2.73. The van der Waals surface area contributed by atoms with Crippen LogP contribution in [0.2, 0.25) is 0 Å². The summed E-state index contributed by atoms with van der Waals surface area (Å²) in [6.45, 7) is 2.14. The number of aromatic nitrogens is 1. The van der Waals surface area contributed by atoms with Crippen LogP contribution in [0.1, 0.15) is 50.7 Å². The van der Waals surface area contributed by atoms with Gasteiger partial charge in [0, 0.05) is 12.1 Å². The molecular weight excluding hydrogens is 242 g/mol. The topological polar surface area (TPSA) is 67.2 Å². The van der Waals surface area contributed by atoms with Gasteiger partial charge in [-0.1, -0.05) is 37.3 Å². The minimum Gasteiger partial charge on any atom is -0.360 e. The molecule has 0 bridgehead atoms. The van der Waals surface area contributed by atoms with Gasteiger partial charge in [0.25, 0.3) is 0 Å². The summed E-state index contributed by atoms with van der Waals surface area (Å²) in [4.78, 5) is 11.8. The Balaban J connectivity index is 1.70. The number of hydrogen-bond acceptors (Lipinski definition) is 4. The quantitative estimate of drug-likeness (QED) is 0.878. The van der Waals surface area contributed by atoms with Crippen LogP contribution in [0.3, 0.4) is 0 Å². The van der Waals surface area contributed by atoms with Crippen molar-refractivity contribution in [2.45, 2.75) is 57.9 Å². The van der Waals surface area contributed by atoms with Gasteiger partial charge in [0.2, 0.25) is 5.91 Å². The maximum atomic E-state index is 11.8. The highest BCUT2D eigenvalue weighted by Gasteiger charge is 2.13. The second-order valence-electron chi connectivity index (χ2n) is 5.29. The Morgan fingerprint density at radius 3 is 2.63 bits per heavy atom. The number of hydrogen-bond donors (Lipinski definition) is 2. The lowest BCUT2D eigenvalue weighted by atomic mass is 9.97. The Morgan fingerprint density at radius 1 is 1.32 bits per heavy atom. The number of rotatable bonds is 4. The molecule has 1 aliphatic rings. The number of anilines is 1. The van der Waals surface area contributed by atoms with Gasteiger partial charge in [-0.05, 0) is 19.8 Å². The number of carbonyl (C=O) groups is 1. The van der Waals surface area contributed by atoms with Crippen molar-refractivity contribution in [3.63, 3.8) is 0 Å². The molecule has 1 amide bonds. The maximum absolute atomic E-state index is 11.8. The van der Waals surface area contributed by atoms with Crippen LogP contribution in [-0.4, -0.2) is 23.7 Å². The number of carbonyl (C=O) groups excluding carboxylic acids is 1. The summed E-state index contributed by atoms with van der Waals surface area (Å²) in [5, 5.41) is 9.81. The van der Waals surface area contributed by atoms with Crippen molar-refractivity contribution >= 4 is 11.7 Å². The summed E-state index contributed by atoms with van der Waals surface area (Å²) >= 11 is 0. The molecule has 1 aromatic heterocycles. The van der Waals surface area contributed by atoms with Gasteiger partial charge >= 0.3 is 0 Å². The number of aryl methyl sites for hydroxylation is 1. The molecule has 0 aliphatic heterocycles. The molecule has 2 N–H and O–H groups in total. The first-order valence-electron chi connectivity index (χ1n) is 7.20. The van der Waals surface area contributed by atoms with Crippen LogP contribution in [-0.2, 0) is 4.79 Å². The SMILES string of the molecule is Cc1cc(NC(=O)CNC2CCCCCCC2)no1. The first-order chi connectivity index (χ1) is 9.24. The van der Waals surface area contributed by atoms with Crippen LogP contribution >= 0.6 is 0 Å². The van der Waals surface area contributed by atoms with E-state index >= 15 is 0 Å². The summed E-state index contributed by atoms with van der Waals surface area (Å²) in [6, 6.07) is 2.19. The van der Waals surface area contributed by atoms with Crippen molar-refractivity contribution in [3.8, 4) is 0 Å². The molecule has 1 aliphatic carbocycles. The summed E-state index contributed by atoms with van der Waals surface area (Å²) < 4.78 is 4.91. The van der Waals surface area contributed by atoms with E-state index in [9.17, 15) is 4.79 Å². The zero-order valence-corrected chi connectivity index (χ0v) is 11.6. The number of nitrogens with zero attached hydrogens (tertiary/aromatic N) is 1. The van der Waals surface area contributed by atoms with E-state index in [1.807, 2.05) is 0 Å². The highest BCUT2D eigenvalue weighted by Crippen LogP contribution is 2.16. The third-order valence-corrected chi connectivity index (χ3v) is 3.55. The number of nitrogens with one attached hydrogen (secondary N) is 2. The van der Waals surface area contributed by atoms with Crippen LogP contribution in [0.4, 0.5) is 5.82 Å². The molecule has 1 saturated carbocycles. The fourth-order valence-electron chi connectivity index (χ4n) is 2.51. The predicted octanol–water partition coefficient (Wildman–Crippen LogP) is 2.62. The first kappa shape index (κ1) is 14.1. The molecule has 106 valence electrons. The Labute approximate surface area is 114 Å². The Morgan fingerprint density at radius 2 is 2.00 bits per heavy atom. The summed E-state index contributed by atoms with van der Waals surface area (Å²) in [5.41, 5.74) is 0. The van der Waals surface area contributed by atoms with E-state index in [4.69, 9.17) is 4.52 Å². The Hall–Kier alpha value is -1.36. The van der Waals surface area contributed by atoms with Gasteiger partial charge in [0.1, 0.15) is 5.76 Å². The van der Waals surface area contributed by atoms with Crippen molar-refractivity contribution in [2.24, 2.45) is 0 Å². The van der Waals surface area contributed by atoms with Gasteiger partial charge in [-0.2, -0.15) is 0 Å². The normalized spacial score (nSPS) is 17.7. The maximum Gasteiger partial charge on any atom is 0.239 e. The van der Waals surface area contributed by atoms with Gasteiger partial charge in [0.15, 0.2) is 5.82 Å². The second kappa shape index (κ2) is 7.28. The van der Waals surface area contributed by atoms with Gasteiger partial charge in [-0.3, -0.25) is 4.79 Å². The molecule has 0 radical (unpaired) electrons. The monoisotopic (exact) mass is 265 g/mol. The zero-order chi connectivity index (χ0) is 13.5. The largest absolute Gasteiger partial charge is 0.360 e. The van der Waals surface area contributed by atoms with Crippen LogP contribution < -0.4 is 10.6 Å². The molecular formula is C14H23N3O2. The third kappa shape index (κ3) is 5.03. The van der Waals surface area contributed by atoms with Crippen molar-refractivity contribution in [1.82, 2.24) is 10.5 Å². The Bertz CT molecular complexity index is 395. The highest BCUT2D eigenvalue weighted by molar-refractivity contribution is 5.91. The Kier molecular flexibility index (Phi) is 5.39. The van der Waals surface area contributed by atoms with E-state index in [0.29, 0.717) is 24.2 Å². The molecule has 2 rings (SSSR count). The first-order valence-corrected chi connectivity index (χ1v) is 7.20. The van der Waals surface area contributed by atoms with Gasteiger partial charge in [-0.25, -0.2) is 0 Å². The van der Waals surface area contributed by atoms with E-state index in [1.165, 1.54) is 44.9 Å². The molecule has 5 heteroatoms. The van der Waals surface area contributed by atoms with Crippen molar-refractivity contribution in [1.29, 1.82) is 0 Å². The van der Waals surface area contributed by atoms with E-state index in [0.717, 1.165) is 0 Å². The van der Waals surface area contributed by atoms with Crippen molar-refractivity contribution in [3.05, 3.63) is 11.8 Å². The molecule has 0 unspecified atom stereocenters. The standard InChI is InChI=1S/C14H23N3O2/c1-11-9-13(17-19-11)16-14(18)10-15-12-7-5-3-2-4-6-8-12/h9,12,15H,2-8,10H2,1H3,(H,16,17,18). The molecule has 1 aromatic rings. The van der Waals surface area contributed by atoms with E-state index in [1.54, 1.807) is 13.0 Å². The van der Waals surface area contributed by atoms with E-state index in [2.05, 4.69) is 15.8 Å². The van der Waals surface area contributed by atoms with Gasteiger partial charge < -0.3 is 15.2 Å². The summed E-state index contributed by atoms with van der Waals surface area (Å²) in [7, 11) is 0. The minimum absolute atomic E-state index is 0.0599. The van der Waals surface area contributed by atoms with Crippen molar-refractivity contribution < 1.29 is 9.32 Å². The lowest BCUT2D eigenvalue weighted by Gasteiger charge is -2.20. The molecule has 0 atom stereocenters. The van der Waals surface area contributed by atoms with Crippen LogP contribution in [0.25, 0.3) is 0 Å². The van der Waals surface area contributed by atoms with Crippen LogP contribution in [0.5, 0.6) is 0 Å². The molecule has 19 heavy (non-hydrogen) atoms. The van der Waals surface area contributed by atoms with Gasteiger partial charge in [-0.15, -0.1) is 0 Å². The average molecular weight is 265 g/mol. The smallest absolute Gasteiger partial charge is 0.239 e. The predicted molar refractivity (Wildman–Crippen MR) is 74.0 cm³/mol. The van der Waals surface area contributed by atoms with Crippen molar-refractivity contribution in [2.75, 3.05) is 11.9 Å². The second-order valence-corrected chi connectivity index (χ2v) is 5.29. The summed E-state index contributed by atoms with van der Waals surface area (Å²) in [6.07, 6.45) is 8.89. The fraction of sp³-hybridized carbons (Fsp3) is 0.714. The van der Waals surface area contributed by atoms with Gasteiger partial charge in [0.05, 0.1) is 6.54 Å². The summed E-state index contributed by atoms with van der Waals surface area (Å²) in [5.74, 6) is 1.13. The van der Waals surface area contributed by atoms with Crippen LogP contribution in [0.15, 0.2) is 10.6 Å². The third-order valence-electron chi connectivity index (χ3n) is 3.55. The lowest BCUT2D eigenvalue weighted by Crippen LogP contribution is -2.36. The zero-order valence-electron chi connectivity index (χ0n) is 11.6. The fourth-order valence-corrected chi connectivity index (χ4v) is 2.51. The van der Waals surface area contributed by atoms with Crippen LogP contribution in [0, 0.1) is 6.92 Å². The number of amides is 1. The molecule has 0 aromatic carbocycles. The molecule has 5 nitrogen and oxygen atoms in total.